The van der Waals surface area contributed by atoms with Gasteiger partial charge in [0.15, 0.2) is 0 Å². The SMILES string of the molecule is COc1ccccc1N1CCN(C[C@@H](O)COC2CCCC2)CC1. The monoisotopic (exact) mass is 334 g/mol. The van der Waals surface area contributed by atoms with Gasteiger partial charge in [-0.3, -0.25) is 4.90 Å². The third-order valence-electron chi connectivity index (χ3n) is 5.09. The van der Waals surface area contributed by atoms with E-state index in [2.05, 4.69) is 15.9 Å². The van der Waals surface area contributed by atoms with Crippen molar-refractivity contribution in [1.82, 2.24) is 4.90 Å². The lowest BCUT2D eigenvalue weighted by atomic mass is 10.2. The number of benzene rings is 1. The molecule has 5 nitrogen and oxygen atoms in total. The standard InChI is InChI=1S/C19H30N2O3/c1-23-19-9-5-4-8-18(19)21-12-10-20(11-13-21)14-16(22)15-24-17-6-2-3-7-17/h4-5,8-9,16-17,22H,2-3,6-7,10-15H2,1H3/t16-/m1/s1. The predicted octanol–water partition coefficient (Wildman–Crippen LogP) is 2.14. The van der Waals surface area contributed by atoms with Crippen molar-refractivity contribution in [3.8, 4) is 5.75 Å². The Morgan fingerprint density at radius 1 is 1.12 bits per heavy atom. The summed E-state index contributed by atoms with van der Waals surface area (Å²) in [4.78, 5) is 4.69. The summed E-state index contributed by atoms with van der Waals surface area (Å²) in [5.41, 5.74) is 1.16. The van der Waals surface area contributed by atoms with Crippen molar-refractivity contribution in [1.29, 1.82) is 0 Å². The summed E-state index contributed by atoms with van der Waals surface area (Å²) < 4.78 is 11.3. The van der Waals surface area contributed by atoms with Crippen molar-refractivity contribution in [3.05, 3.63) is 24.3 Å². The molecule has 0 spiro atoms. The van der Waals surface area contributed by atoms with E-state index < -0.39 is 0 Å². The second kappa shape index (κ2) is 8.70. The molecule has 0 bridgehead atoms. The summed E-state index contributed by atoms with van der Waals surface area (Å²) in [7, 11) is 1.72. The second-order valence-electron chi connectivity index (χ2n) is 6.85. The number of aliphatic hydroxyl groups excluding tert-OH is 1. The van der Waals surface area contributed by atoms with E-state index >= 15 is 0 Å². The van der Waals surface area contributed by atoms with Crippen LogP contribution in [0.1, 0.15) is 25.7 Å². The Labute approximate surface area is 145 Å². The maximum absolute atomic E-state index is 10.2. The zero-order valence-corrected chi connectivity index (χ0v) is 14.7. The van der Waals surface area contributed by atoms with Gasteiger partial charge in [0.25, 0.3) is 0 Å². The van der Waals surface area contributed by atoms with Gasteiger partial charge in [-0.15, -0.1) is 0 Å². The summed E-state index contributed by atoms with van der Waals surface area (Å²) in [6.07, 6.45) is 4.84. The Bertz CT molecular complexity index is 497. The lowest BCUT2D eigenvalue weighted by Crippen LogP contribution is -2.49. The molecule has 1 saturated heterocycles. The van der Waals surface area contributed by atoms with E-state index in [-0.39, 0.29) is 6.10 Å². The zero-order chi connectivity index (χ0) is 16.8. The van der Waals surface area contributed by atoms with Crippen molar-refractivity contribution in [3.63, 3.8) is 0 Å². The molecule has 0 amide bonds. The van der Waals surface area contributed by atoms with Crippen LogP contribution in [0.3, 0.4) is 0 Å². The zero-order valence-electron chi connectivity index (χ0n) is 14.7. The quantitative estimate of drug-likeness (QED) is 0.828. The third kappa shape index (κ3) is 4.62. The first kappa shape index (κ1) is 17.5. The molecule has 1 heterocycles. The molecule has 2 fully saturated rings. The number of para-hydroxylation sites is 2. The molecule has 1 aliphatic heterocycles. The third-order valence-corrected chi connectivity index (χ3v) is 5.09. The first-order valence-electron chi connectivity index (χ1n) is 9.16. The molecule has 24 heavy (non-hydrogen) atoms. The van der Waals surface area contributed by atoms with Crippen LogP contribution in [0.25, 0.3) is 0 Å². The van der Waals surface area contributed by atoms with Gasteiger partial charge in [-0.2, -0.15) is 0 Å². The Kier molecular flexibility index (Phi) is 6.35. The van der Waals surface area contributed by atoms with E-state index in [4.69, 9.17) is 9.47 Å². The van der Waals surface area contributed by atoms with Gasteiger partial charge in [0.05, 0.1) is 31.6 Å². The van der Waals surface area contributed by atoms with Crippen molar-refractivity contribution in [2.45, 2.75) is 37.9 Å². The van der Waals surface area contributed by atoms with Gasteiger partial charge in [-0.25, -0.2) is 0 Å². The van der Waals surface area contributed by atoms with Gasteiger partial charge in [0.2, 0.25) is 0 Å². The number of anilines is 1. The maximum atomic E-state index is 10.2. The lowest BCUT2D eigenvalue weighted by Gasteiger charge is -2.37. The van der Waals surface area contributed by atoms with Crippen LogP contribution < -0.4 is 9.64 Å². The molecule has 3 rings (SSSR count). The Morgan fingerprint density at radius 2 is 1.83 bits per heavy atom. The van der Waals surface area contributed by atoms with E-state index in [0.29, 0.717) is 19.3 Å². The van der Waals surface area contributed by atoms with Crippen molar-refractivity contribution in [2.24, 2.45) is 0 Å². The van der Waals surface area contributed by atoms with Gasteiger partial charge >= 0.3 is 0 Å². The molecule has 0 unspecified atom stereocenters. The summed E-state index contributed by atoms with van der Waals surface area (Å²) >= 11 is 0. The van der Waals surface area contributed by atoms with Crippen LogP contribution in [0.2, 0.25) is 0 Å². The molecule has 5 heteroatoms. The average molecular weight is 334 g/mol. The minimum atomic E-state index is -0.386. The molecule has 1 aromatic rings. The fourth-order valence-electron chi connectivity index (χ4n) is 3.72. The molecule has 1 atom stereocenters. The number of hydrogen-bond acceptors (Lipinski definition) is 5. The van der Waals surface area contributed by atoms with Crippen LogP contribution in [0.4, 0.5) is 5.69 Å². The summed E-state index contributed by atoms with van der Waals surface area (Å²) in [6.45, 7) is 4.99. The summed E-state index contributed by atoms with van der Waals surface area (Å²) in [6, 6.07) is 8.16. The number of aliphatic hydroxyl groups is 1. The minimum Gasteiger partial charge on any atom is -0.495 e. The number of ether oxygens (including phenoxy) is 2. The first-order chi connectivity index (χ1) is 11.8. The predicted molar refractivity (Wildman–Crippen MR) is 95.9 cm³/mol. The Morgan fingerprint density at radius 3 is 2.54 bits per heavy atom. The largest absolute Gasteiger partial charge is 0.495 e. The van der Waals surface area contributed by atoms with Gasteiger partial charge < -0.3 is 19.5 Å². The van der Waals surface area contributed by atoms with Crippen molar-refractivity contribution in [2.75, 3.05) is 51.3 Å². The Balaban J connectivity index is 1.41. The number of hydrogen-bond donors (Lipinski definition) is 1. The van der Waals surface area contributed by atoms with E-state index in [0.717, 1.165) is 50.5 Å². The minimum absolute atomic E-state index is 0.377. The molecular weight excluding hydrogens is 304 g/mol. The van der Waals surface area contributed by atoms with Crippen LogP contribution >= 0.6 is 0 Å². The number of methoxy groups -OCH3 is 1. The van der Waals surface area contributed by atoms with Crippen LogP contribution in [0, 0.1) is 0 Å². The average Bonchev–Trinajstić information content (AvgIpc) is 3.14. The van der Waals surface area contributed by atoms with Crippen LogP contribution in [0.15, 0.2) is 24.3 Å². The van der Waals surface area contributed by atoms with Crippen LogP contribution in [0.5, 0.6) is 5.75 Å². The lowest BCUT2D eigenvalue weighted by molar-refractivity contribution is -0.0188. The highest BCUT2D eigenvalue weighted by atomic mass is 16.5. The van der Waals surface area contributed by atoms with E-state index in [1.807, 2.05) is 18.2 Å². The molecule has 1 aromatic carbocycles. The molecule has 2 aliphatic rings. The molecule has 1 aliphatic carbocycles. The number of rotatable bonds is 7. The molecule has 1 N–H and O–H groups in total. The number of nitrogens with zero attached hydrogens (tertiary/aromatic N) is 2. The number of β-amino-alcohol motifs (C(OH)–C–C–N with tert-alkyl or cyclic N) is 1. The van der Waals surface area contributed by atoms with Crippen molar-refractivity contribution >= 4 is 5.69 Å². The van der Waals surface area contributed by atoms with Crippen molar-refractivity contribution < 1.29 is 14.6 Å². The fraction of sp³-hybridized carbons (Fsp3) is 0.684. The van der Waals surface area contributed by atoms with Gasteiger partial charge in [0, 0.05) is 32.7 Å². The topological polar surface area (TPSA) is 45.2 Å². The summed E-state index contributed by atoms with van der Waals surface area (Å²) in [5, 5.41) is 10.2. The molecular formula is C19H30N2O3. The van der Waals surface area contributed by atoms with Crippen LogP contribution in [-0.4, -0.2) is 68.7 Å². The summed E-state index contributed by atoms with van der Waals surface area (Å²) in [5.74, 6) is 0.927. The van der Waals surface area contributed by atoms with E-state index in [9.17, 15) is 5.11 Å². The highest BCUT2D eigenvalue weighted by Gasteiger charge is 2.22. The highest BCUT2D eigenvalue weighted by Crippen LogP contribution is 2.28. The second-order valence-corrected chi connectivity index (χ2v) is 6.85. The number of piperazine rings is 1. The molecule has 1 saturated carbocycles. The van der Waals surface area contributed by atoms with Gasteiger partial charge in [-0.1, -0.05) is 25.0 Å². The maximum Gasteiger partial charge on any atom is 0.142 e. The molecule has 134 valence electrons. The van der Waals surface area contributed by atoms with Crippen LogP contribution in [-0.2, 0) is 4.74 Å². The molecule has 0 radical (unpaired) electrons. The fourth-order valence-corrected chi connectivity index (χ4v) is 3.72. The van der Waals surface area contributed by atoms with E-state index in [1.165, 1.54) is 12.8 Å². The smallest absolute Gasteiger partial charge is 0.142 e. The highest BCUT2D eigenvalue weighted by molar-refractivity contribution is 5.58. The Hall–Kier alpha value is -1.30. The molecule has 0 aromatic heterocycles. The first-order valence-corrected chi connectivity index (χ1v) is 9.16. The normalized spacial score (nSPS) is 21.2. The van der Waals surface area contributed by atoms with E-state index in [1.54, 1.807) is 7.11 Å². The van der Waals surface area contributed by atoms with Gasteiger partial charge in [0.1, 0.15) is 5.75 Å². The van der Waals surface area contributed by atoms with Gasteiger partial charge in [-0.05, 0) is 25.0 Å².